The highest BCUT2D eigenvalue weighted by atomic mass is 35.5. The quantitative estimate of drug-likeness (QED) is 0.782. The number of carboxylic acid groups (broad SMARTS) is 1. The second-order valence-corrected chi connectivity index (χ2v) is 4.92. The Balaban J connectivity index is 2.26. The number of nitrogens with zero attached hydrogens (tertiary/aromatic N) is 2. The molecular weight excluding hydrogens is 276 g/mol. The van der Waals surface area contributed by atoms with Crippen LogP contribution in [-0.2, 0) is 0 Å². The van der Waals surface area contributed by atoms with E-state index in [1.165, 1.54) is 0 Å². The molecule has 0 aliphatic rings. The fraction of sp³-hybridized carbons (Fsp3) is 0.0667. The average Bonchev–Trinajstić information content (AvgIpc) is 2.73. The van der Waals surface area contributed by atoms with Crippen molar-refractivity contribution in [2.24, 2.45) is 0 Å². The molecule has 0 aliphatic carbocycles. The first-order valence-corrected chi connectivity index (χ1v) is 6.42. The molecule has 1 N–H and O–H groups in total. The van der Waals surface area contributed by atoms with Crippen LogP contribution in [0.15, 0.2) is 42.5 Å². The van der Waals surface area contributed by atoms with Crippen molar-refractivity contribution in [1.29, 1.82) is 0 Å². The Labute approximate surface area is 120 Å². The summed E-state index contributed by atoms with van der Waals surface area (Å²) in [5, 5.41) is 9.67. The van der Waals surface area contributed by atoms with Crippen molar-refractivity contribution in [3.05, 3.63) is 58.9 Å². The molecule has 0 amide bonds. The zero-order valence-electron chi connectivity index (χ0n) is 10.7. The van der Waals surface area contributed by atoms with E-state index in [1.807, 2.05) is 35.8 Å². The van der Waals surface area contributed by atoms with Crippen LogP contribution in [0.5, 0.6) is 0 Å². The molecule has 1 heterocycles. The van der Waals surface area contributed by atoms with Crippen molar-refractivity contribution in [3.63, 3.8) is 0 Å². The van der Waals surface area contributed by atoms with Gasteiger partial charge < -0.3 is 5.11 Å². The van der Waals surface area contributed by atoms with Crippen LogP contribution in [0.2, 0.25) is 5.02 Å². The minimum absolute atomic E-state index is 0.230. The number of hydrogen-bond donors (Lipinski definition) is 1. The predicted octanol–water partition coefficient (Wildman–Crippen LogP) is 3.69. The molecular formula is C15H11ClN2O2. The van der Waals surface area contributed by atoms with Crippen molar-refractivity contribution < 1.29 is 9.90 Å². The van der Waals surface area contributed by atoms with Crippen molar-refractivity contribution in [1.82, 2.24) is 9.55 Å². The molecule has 4 nitrogen and oxygen atoms in total. The minimum atomic E-state index is -0.957. The lowest BCUT2D eigenvalue weighted by atomic mass is 10.2. The monoisotopic (exact) mass is 286 g/mol. The number of carbonyl (C=O) groups is 1. The molecule has 0 bridgehead atoms. The van der Waals surface area contributed by atoms with Gasteiger partial charge in [0.05, 0.1) is 16.6 Å². The van der Waals surface area contributed by atoms with E-state index in [1.54, 1.807) is 18.2 Å². The van der Waals surface area contributed by atoms with Crippen LogP contribution in [0.25, 0.3) is 16.7 Å². The third-order valence-electron chi connectivity index (χ3n) is 3.14. The third kappa shape index (κ3) is 2.04. The van der Waals surface area contributed by atoms with Crippen molar-refractivity contribution in [2.75, 3.05) is 0 Å². The molecule has 3 rings (SSSR count). The molecule has 3 aromatic rings. The van der Waals surface area contributed by atoms with Gasteiger partial charge in [0, 0.05) is 10.7 Å². The SMILES string of the molecule is Cc1nc2cc(C(=O)O)ccc2n1-c1cccc(Cl)c1. The Morgan fingerprint density at radius 1 is 1.25 bits per heavy atom. The van der Waals surface area contributed by atoms with Gasteiger partial charge in [-0.15, -0.1) is 0 Å². The maximum absolute atomic E-state index is 11.0. The van der Waals surface area contributed by atoms with Crippen LogP contribution in [-0.4, -0.2) is 20.6 Å². The number of halogens is 1. The predicted molar refractivity (Wildman–Crippen MR) is 77.8 cm³/mol. The van der Waals surface area contributed by atoms with E-state index in [2.05, 4.69) is 4.98 Å². The van der Waals surface area contributed by atoms with Gasteiger partial charge in [0.1, 0.15) is 5.82 Å². The summed E-state index contributed by atoms with van der Waals surface area (Å²) in [5.74, 6) is -0.174. The fourth-order valence-corrected chi connectivity index (χ4v) is 2.46. The third-order valence-corrected chi connectivity index (χ3v) is 3.37. The van der Waals surface area contributed by atoms with Crippen molar-refractivity contribution in [2.45, 2.75) is 6.92 Å². The number of carboxylic acids is 1. The number of aromatic carboxylic acids is 1. The first-order chi connectivity index (χ1) is 9.56. The Bertz CT molecular complexity index is 824. The summed E-state index contributed by atoms with van der Waals surface area (Å²) in [6.45, 7) is 1.88. The topological polar surface area (TPSA) is 55.1 Å². The lowest BCUT2D eigenvalue weighted by Gasteiger charge is -2.07. The van der Waals surface area contributed by atoms with E-state index in [0.29, 0.717) is 10.5 Å². The van der Waals surface area contributed by atoms with Crippen LogP contribution < -0.4 is 0 Å². The highest BCUT2D eigenvalue weighted by Gasteiger charge is 2.12. The molecule has 5 heteroatoms. The van der Waals surface area contributed by atoms with E-state index in [9.17, 15) is 4.79 Å². The summed E-state index contributed by atoms with van der Waals surface area (Å²) in [6.07, 6.45) is 0. The average molecular weight is 287 g/mol. The fourth-order valence-electron chi connectivity index (χ4n) is 2.27. The van der Waals surface area contributed by atoms with E-state index in [0.717, 1.165) is 17.0 Å². The van der Waals surface area contributed by atoms with Crippen LogP contribution in [0.4, 0.5) is 0 Å². The van der Waals surface area contributed by atoms with Crippen molar-refractivity contribution >= 4 is 28.6 Å². The molecule has 0 radical (unpaired) electrons. The second-order valence-electron chi connectivity index (χ2n) is 4.48. The maximum atomic E-state index is 11.0. The molecule has 20 heavy (non-hydrogen) atoms. The summed E-state index contributed by atoms with van der Waals surface area (Å²) in [5.41, 5.74) is 2.64. The van der Waals surface area contributed by atoms with E-state index in [-0.39, 0.29) is 5.56 Å². The van der Waals surface area contributed by atoms with Crippen molar-refractivity contribution in [3.8, 4) is 5.69 Å². The molecule has 0 fully saturated rings. The number of hydrogen-bond acceptors (Lipinski definition) is 2. The standard InChI is InChI=1S/C15H11ClN2O2/c1-9-17-13-7-10(15(19)20)5-6-14(13)18(9)12-4-2-3-11(16)8-12/h2-8H,1H3,(H,19,20). The van der Waals surface area contributed by atoms with Gasteiger partial charge in [-0.05, 0) is 43.3 Å². The van der Waals surface area contributed by atoms with E-state index >= 15 is 0 Å². The smallest absolute Gasteiger partial charge is 0.335 e. The largest absolute Gasteiger partial charge is 0.478 e. The van der Waals surface area contributed by atoms with E-state index < -0.39 is 5.97 Å². The van der Waals surface area contributed by atoms with Gasteiger partial charge in [-0.3, -0.25) is 4.57 Å². The highest BCUT2D eigenvalue weighted by Crippen LogP contribution is 2.24. The molecule has 1 aromatic heterocycles. The lowest BCUT2D eigenvalue weighted by molar-refractivity contribution is 0.0697. The molecule has 0 spiro atoms. The number of aryl methyl sites for hydroxylation is 1. The van der Waals surface area contributed by atoms with Gasteiger partial charge in [0.15, 0.2) is 0 Å². The first-order valence-electron chi connectivity index (χ1n) is 6.04. The van der Waals surface area contributed by atoms with Crippen LogP contribution in [0.1, 0.15) is 16.2 Å². The summed E-state index contributed by atoms with van der Waals surface area (Å²) >= 11 is 6.02. The molecule has 0 saturated heterocycles. The zero-order valence-corrected chi connectivity index (χ0v) is 11.4. The number of imidazole rings is 1. The van der Waals surface area contributed by atoms with Gasteiger partial charge in [-0.25, -0.2) is 9.78 Å². The van der Waals surface area contributed by atoms with Gasteiger partial charge in [0.2, 0.25) is 0 Å². The molecule has 100 valence electrons. The summed E-state index contributed by atoms with van der Waals surface area (Å²) in [7, 11) is 0. The summed E-state index contributed by atoms with van der Waals surface area (Å²) < 4.78 is 1.95. The molecule has 2 aromatic carbocycles. The Morgan fingerprint density at radius 3 is 2.75 bits per heavy atom. The molecule has 0 atom stereocenters. The normalized spacial score (nSPS) is 10.9. The Morgan fingerprint density at radius 2 is 2.05 bits per heavy atom. The summed E-state index contributed by atoms with van der Waals surface area (Å²) in [6, 6.07) is 12.4. The number of aromatic nitrogens is 2. The number of fused-ring (bicyclic) bond motifs is 1. The highest BCUT2D eigenvalue weighted by molar-refractivity contribution is 6.30. The number of rotatable bonds is 2. The summed E-state index contributed by atoms with van der Waals surface area (Å²) in [4.78, 5) is 15.4. The first kappa shape index (κ1) is 12.7. The van der Waals surface area contributed by atoms with Gasteiger partial charge in [-0.1, -0.05) is 17.7 Å². The van der Waals surface area contributed by atoms with Gasteiger partial charge >= 0.3 is 5.97 Å². The molecule has 0 aliphatic heterocycles. The molecule has 0 unspecified atom stereocenters. The van der Waals surface area contributed by atoms with Gasteiger partial charge in [-0.2, -0.15) is 0 Å². The molecule has 0 saturated carbocycles. The minimum Gasteiger partial charge on any atom is -0.478 e. The van der Waals surface area contributed by atoms with E-state index in [4.69, 9.17) is 16.7 Å². The number of benzene rings is 2. The van der Waals surface area contributed by atoms with Crippen LogP contribution >= 0.6 is 11.6 Å². The van der Waals surface area contributed by atoms with Crippen LogP contribution in [0.3, 0.4) is 0 Å². The zero-order chi connectivity index (χ0) is 14.3. The maximum Gasteiger partial charge on any atom is 0.335 e. The second kappa shape index (κ2) is 4.65. The Hall–Kier alpha value is -2.33. The van der Waals surface area contributed by atoms with Gasteiger partial charge in [0.25, 0.3) is 0 Å². The van der Waals surface area contributed by atoms with Crippen LogP contribution in [0, 0.1) is 6.92 Å². The lowest BCUT2D eigenvalue weighted by Crippen LogP contribution is -1.98. The Kier molecular flexibility index (Phi) is 2.95.